The van der Waals surface area contributed by atoms with E-state index in [0.29, 0.717) is 5.92 Å². The Hall–Kier alpha value is -1.51. The first-order valence-corrected chi connectivity index (χ1v) is 5.14. The van der Waals surface area contributed by atoms with Gasteiger partial charge in [-0.1, -0.05) is 37.3 Å². The largest absolute Gasteiger partial charge is 0.505 e. The highest BCUT2D eigenvalue weighted by Crippen LogP contribution is 2.22. The van der Waals surface area contributed by atoms with Crippen molar-refractivity contribution in [2.75, 3.05) is 6.61 Å². The highest BCUT2D eigenvalue weighted by Gasteiger charge is 2.09. The standard InChI is InChI=1S/C12H16O3/c1-2-10(8-9-15-12(13)14)11-6-4-3-5-7-11/h3-7,10H,2,8-9H2,1H3,(H,13,14). The molecule has 15 heavy (non-hydrogen) atoms. The van der Waals surface area contributed by atoms with E-state index in [2.05, 4.69) is 23.8 Å². The van der Waals surface area contributed by atoms with Crippen LogP contribution in [0.3, 0.4) is 0 Å². The predicted molar refractivity (Wildman–Crippen MR) is 58.1 cm³/mol. The number of benzene rings is 1. The Labute approximate surface area is 89.7 Å². The van der Waals surface area contributed by atoms with Gasteiger partial charge in [-0.2, -0.15) is 0 Å². The number of hydrogen-bond acceptors (Lipinski definition) is 2. The minimum Gasteiger partial charge on any atom is -0.450 e. The van der Waals surface area contributed by atoms with Crippen LogP contribution in [0.5, 0.6) is 0 Å². The second-order valence-corrected chi connectivity index (χ2v) is 3.42. The van der Waals surface area contributed by atoms with Crippen LogP contribution in [-0.2, 0) is 4.74 Å². The molecule has 0 aliphatic carbocycles. The molecule has 1 aromatic carbocycles. The lowest BCUT2D eigenvalue weighted by Crippen LogP contribution is -2.06. The van der Waals surface area contributed by atoms with Crippen LogP contribution in [0.2, 0.25) is 0 Å². The van der Waals surface area contributed by atoms with Crippen molar-refractivity contribution in [3.8, 4) is 0 Å². The normalized spacial score (nSPS) is 12.1. The van der Waals surface area contributed by atoms with Crippen molar-refractivity contribution in [1.29, 1.82) is 0 Å². The number of carboxylic acid groups (broad SMARTS) is 1. The van der Waals surface area contributed by atoms with E-state index in [1.165, 1.54) is 5.56 Å². The molecule has 0 saturated heterocycles. The quantitative estimate of drug-likeness (QED) is 0.755. The van der Waals surface area contributed by atoms with Gasteiger partial charge in [0.05, 0.1) is 6.61 Å². The molecule has 3 nitrogen and oxygen atoms in total. The fourth-order valence-electron chi connectivity index (χ4n) is 1.62. The average molecular weight is 208 g/mol. The lowest BCUT2D eigenvalue weighted by atomic mass is 9.94. The Morgan fingerprint density at radius 1 is 1.40 bits per heavy atom. The lowest BCUT2D eigenvalue weighted by Gasteiger charge is -2.14. The van der Waals surface area contributed by atoms with Gasteiger partial charge in [-0.05, 0) is 24.3 Å². The zero-order valence-electron chi connectivity index (χ0n) is 8.85. The molecular weight excluding hydrogens is 192 g/mol. The molecule has 1 unspecified atom stereocenters. The van der Waals surface area contributed by atoms with Crippen LogP contribution in [0, 0.1) is 0 Å². The van der Waals surface area contributed by atoms with E-state index in [-0.39, 0.29) is 6.61 Å². The summed E-state index contributed by atoms with van der Waals surface area (Å²) < 4.78 is 4.51. The van der Waals surface area contributed by atoms with Crippen molar-refractivity contribution in [1.82, 2.24) is 0 Å². The van der Waals surface area contributed by atoms with Crippen LogP contribution in [0.4, 0.5) is 4.79 Å². The molecule has 3 heteroatoms. The van der Waals surface area contributed by atoms with Crippen molar-refractivity contribution in [2.45, 2.75) is 25.7 Å². The number of carbonyl (C=O) groups is 1. The second-order valence-electron chi connectivity index (χ2n) is 3.42. The third-order valence-electron chi connectivity index (χ3n) is 2.46. The Morgan fingerprint density at radius 2 is 2.07 bits per heavy atom. The van der Waals surface area contributed by atoms with E-state index in [1.807, 2.05) is 18.2 Å². The zero-order valence-corrected chi connectivity index (χ0v) is 8.85. The topological polar surface area (TPSA) is 46.5 Å². The summed E-state index contributed by atoms with van der Waals surface area (Å²) in [6.45, 7) is 2.36. The molecule has 0 spiro atoms. The minimum atomic E-state index is -1.20. The molecule has 0 bridgehead atoms. The van der Waals surface area contributed by atoms with Crippen LogP contribution >= 0.6 is 0 Å². The molecule has 0 fully saturated rings. The first kappa shape index (κ1) is 11.6. The van der Waals surface area contributed by atoms with Crippen molar-refractivity contribution >= 4 is 6.16 Å². The third-order valence-corrected chi connectivity index (χ3v) is 2.46. The molecule has 0 aliphatic rings. The predicted octanol–water partition coefficient (Wildman–Crippen LogP) is 3.26. The maximum Gasteiger partial charge on any atom is 0.505 e. The van der Waals surface area contributed by atoms with E-state index in [1.54, 1.807) is 0 Å². The van der Waals surface area contributed by atoms with Crippen LogP contribution in [0.1, 0.15) is 31.2 Å². The minimum absolute atomic E-state index is 0.267. The van der Waals surface area contributed by atoms with Gasteiger partial charge in [0.2, 0.25) is 0 Å². The van der Waals surface area contributed by atoms with Gasteiger partial charge in [-0.25, -0.2) is 4.79 Å². The number of hydrogen-bond donors (Lipinski definition) is 1. The molecule has 0 aromatic heterocycles. The third kappa shape index (κ3) is 4.02. The summed E-state index contributed by atoms with van der Waals surface area (Å²) in [5.74, 6) is 0.380. The van der Waals surface area contributed by atoms with E-state index in [9.17, 15) is 4.79 Å². The fourth-order valence-corrected chi connectivity index (χ4v) is 1.62. The van der Waals surface area contributed by atoms with Crippen molar-refractivity contribution in [3.05, 3.63) is 35.9 Å². The van der Waals surface area contributed by atoms with Gasteiger partial charge in [0.25, 0.3) is 0 Å². The number of ether oxygens (including phenoxy) is 1. The molecule has 0 radical (unpaired) electrons. The molecule has 1 aromatic rings. The van der Waals surface area contributed by atoms with Gasteiger partial charge in [-0.3, -0.25) is 0 Å². The maximum atomic E-state index is 10.2. The van der Waals surface area contributed by atoms with Crippen LogP contribution in [-0.4, -0.2) is 17.9 Å². The Bertz CT molecular complexity index is 295. The smallest absolute Gasteiger partial charge is 0.450 e. The maximum absolute atomic E-state index is 10.2. The molecule has 0 amide bonds. The Kier molecular flexibility index (Phi) is 4.68. The summed E-state index contributed by atoms with van der Waals surface area (Å²) in [7, 11) is 0. The van der Waals surface area contributed by atoms with Crippen LogP contribution < -0.4 is 0 Å². The van der Waals surface area contributed by atoms with Crippen LogP contribution in [0.25, 0.3) is 0 Å². The van der Waals surface area contributed by atoms with Gasteiger partial charge in [0, 0.05) is 0 Å². The fraction of sp³-hybridized carbons (Fsp3) is 0.417. The molecule has 0 heterocycles. The van der Waals surface area contributed by atoms with E-state index >= 15 is 0 Å². The summed E-state index contributed by atoms with van der Waals surface area (Å²) in [6.07, 6.45) is 0.540. The first-order chi connectivity index (χ1) is 7.24. The molecule has 82 valence electrons. The van der Waals surface area contributed by atoms with Crippen molar-refractivity contribution < 1.29 is 14.6 Å². The summed E-state index contributed by atoms with van der Waals surface area (Å²) in [5, 5.41) is 8.35. The molecule has 1 rings (SSSR count). The Morgan fingerprint density at radius 3 is 2.60 bits per heavy atom. The average Bonchev–Trinajstić information content (AvgIpc) is 2.25. The summed E-state index contributed by atoms with van der Waals surface area (Å²) >= 11 is 0. The van der Waals surface area contributed by atoms with Gasteiger partial charge < -0.3 is 9.84 Å². The van der Waals surface area contributed by atoms with Crippen molar-refractivity contribution in [2.24, 2.45) is 0 Å². The summed E-state index contributed by atoms with van der Waals surface area (Å²) in [6, 6.07) is 10.1. The zero-order chi connectivity index (χ0) is 11.1. The van der Waals surface area contributed by atoms with Gasteiger partial charge in [-0.15, -0.1) is 0 Å². The first-order valence-electron chi connectivity index (χ1n) is 5.14. The Balaban J connectivity index is 2.46. The van der Waals surface area contributed by atoms with E-state index in [0.717, 1.165) is 12.8 Å². The molecule has 0 saturated carbocycles. The van der Waals surface area contributed by atoms with Crippen LogP contribution in [0.15, 0.2) is 30.3 Å². The highest BCUT2D eigenvalue weighted by atomic mass is 16.7. The molecule has 1 atom stereocenters. The monoisotopic (exact) mass is 208 g/mol. The number of rotatable bonds is 5. The lowest BCUT2D eigenvalue weighted by molar-refractivity contribution is 0.0887. The SMILES string of the molecule is CCC(CCOC(=O)O)c1ccccc1. The highest BCUT2D eigenvalue weighted by molar-refractivity contribution is 5.56. The van der Waals surface area contributed by atoms with Crippen molar-refractivity contribution in [3.63, 3.8) is 0 Å². The van der Waals surface area contributed by atoms with Gasteiger partial charge >= 0.3 is 6.16 Å². The second kappa shape index (κ2) is 6.06. The summed E-state index contributed by atoms with van der Waals surface area (Å²) in [5.41, 5.74) is 1.24. The van der Waals surface area contributed by atoms with Gasteiger partial charge in [0.15, 0.2) is 0 Å². The molecule has 1 N–H and O–H groups in total. The molecular formula is C12H16O3. The van der Waals surface area contributed by atoms with Gasteiger partial charge in [0.1, 0.15) is 0 Å². The molecule has 0 aliphatic heterocycles. The van der Waals surface area contributed by atoms with E-state index < -0.39 is 6.16 Å². The summed E-state index contributed by atoms with van der Waals surface area (Å²) in [4.78, 5) is 10.2. The van der Waals surface area contributed by atoms with E-state index in [4.69, 9.17) is 5.11 Å².